The molecule has 5 heteroatoms. The van der Waals surface area contributed by atoms with Gasteiger partial charge in [-0.2, -0.15) is 0 Å². The van der Waals surface area contributed by atoms with Crippen molar-refractivity contribution in [2.24, 2.45) is 13.0 Å². The molecule has 0 aliphatic heterocycles. The van der Waals surface area contributed by atoms with Crippen molar-refractivity contribution >= 4 is 11.6 Å². The average Bonchev–Trinajstić information content (AvgIpc) is 2.96. The van der Waals surface area contributed by atoms with Gasteiger partial charge in [0.15, 0.2) is 11.5 Å². The Morgan fingerprint density at radius 3 is 2.71 bits per heavy atom. The molecule has 17 heavy (non-hydrogen) atoms. The first-order valence-corrected chi connectivity index (χ1v) is 5.19. The molecular formula is C12H12N2O3. The second-order valence-corrected chi connectivity index (χ2v) is 3.85. The first-order chi connectivity index (χ1) is 8.09. The van der Waals surface area contributed by atoms with Crippen molar-refractivity contribution in [2.75, 3.05) is 0 Å². The summed E-state index contributed by atoms with van der Waals surface area (Å²) in [5.74, 6) is -1.21. The molecule has 2 aromatic rings. The molecule has 2 heterocycles. The van der Waals surface area contributed by atoms with E-state index >= 15 is 0 Å². The second kappa shape index (κ2) is 4.37. The Labute approximate surface area is 98.1 Å². The van der Waals surface area contributed by atoms with Gasteiger partial charge in [0.2, 0.25) is 5.78 Å². The number of nitrogens with zero attached hydrogens (tertiary/aromatic N) is 2. The van der Waals surface area contributed by atoms with Gasteiger partial charge in [0.1, 0.15) is 5.69 Å². The molecule has 0 saturated carbocycles. The minimum Gasteiger partial charge on any atom is -0.461 e. The summed E-state index contributed by atoms with van der Waals surface area (Å²) in [7, 11) is 1.77. The largest absolute Gasteiger partial charge is 0.461 e. The molecule has 0 radical (unpaired) electrons. The van der Waals surface area contributed by atoms with E-state index in [4.69, 9.17) is 4.42 Å². The van der Waals surface area contributed by atoms with Crippen LogP contribution in [-0.2, 0) is 7.05 Å². The van der Waals surface area contributed by atoms with Crippen molar-refractivity contribution < 1.29 is 14.0 Å². The molecule has 0 aromatic carbocycles. The highest BCUT2D eigenvalue weighted by Gasteiger charge is 2.26. The van der Waals surface area contributed by atoms with E-state index in [9.17, 15) is 9.59 Å². The van der Waals surface area contributed by atoms with Crippen LogP contribution in [0.2, 0.25) is 0 Å². The topological polar surface area (TPSA) is 65.1 Å². The van der Waals surface area contributed by atoms with E-state index in [2.05, 4.69) is 4.98 Å². The molecule has 0 fully saturated rings. The Bertz CT molecular complexity index is 540. The molecule has 88 valence electrons. The van der Waals surface area contributed by atoms with Gasteiger partial charge in [0, 0.05) is 13.2 Å². The number of rotatable bonds is 4. The number of hydrogen-bond acceptors (Lipinski definition) is 4. The third-order valence-corrected chi connectivity index (χ3v) is 2.51. The maximum Gasteiger partial charge on any atom is 0.208 e. The first-order valence-electron chi connectivity index (χ1n) is 5.19. The molecule has 2 aromatic heterocycles. The number of aryl methyl sites for hydroxylation is 1. The quantitative estimate of drug-likeness (QED) is 0.594. The zero-order valence-electron chi connectivity index (χ0n) is 9.58. The SMILES string of the molecule is CC(C(=O)c1cn(C)cn1)C(=O)c1ccco1. The smallest absolute Gasteiger partial charge is 0.208 e. The molecule has 1 atom stereocenters. The van der Waals surface area contributed by atoms with Crippen molar-refractivity contribution in [1.82, 2.24) is 9.55 Å². The number of furan rings is 1. The van der Waals surface area contributed by atoms with Crippen LogP contribution in [0.25, 0.3) is 0 Å². The van der Waals surface area contributed by atoms with Crippen LogP contribution in [0.5, 0.6) is 0 Å². The van der Waals surface area contributed by atoms with Crippen LogP contribution in [0.3, 0.4) is 0 Å². The van der Waals surface area contributed by atoms with Gasteiger partial charge < -0.3 is 8.98 Å². The predicted octanol–water partition coefficient (Wildman–Crippen LogP) is 1.71. The van der Waals surface area contributed by atoms with E-state index in [1.54, 1.807) is 36.9 Å². The number of imidazole rings is 1. The third kappa shape index (κ3) is 2.18. The first kappa shape index (κ1) is 11.3. The Balaban J connectivity index is 2.18. The van der Waals surface area contributed by atoms with Crippen LogP contribution in [0.15, 0.2) is 35.3 Å². The van der Waals surface area contributed by atoms with E-state index in [0.717, 1.165) is 0 Å². The summed E-state index contributed by atoms with van der Waals surface area (Å²) in [5.41, 5.74) is 0.292. The summed E-state index contributed by atoms with van der Waals surface area (Å²) in [6.45, 7) is 1.56. The predicted molar refractivity (Wildman–Crippen MR) is 59.7 cm³/mol. The normalized spacial score (nSPS) is 12.4. The lowest BCUT2D eigenvalue weighted by molar-refractivity contribution is 0.0801. The van der Waals surface area contributed by atoms with Gasteiger partial charge in [-0.25, -0.2) is 4.98 Å². The monoisotopic (exact) mass is 232 g/mol. The van der Waals surface area contributed by atoms with Gasteiger partial charge in [-0.15, -0.1) is 0 Å². The van der Waals surface area contributed by atoms with Crippen LogP contribution in [0.1, 0.15) is 28.0 Å². The van der Waals surface area contributed by atoms with Crippen molar-refractivity contribution in [3.05, 3.63) is 42.4 Å². The Morgan fingerprint density at radius 2 is 2.18 bits per heavy atom. The number of aromatic nitrogens is 2. The van der Waals surface area contributed by atoms with Gasteiger partial charge in [-0.1, -0.05) is 0 Å². The highest BCUT2D eigenvalue weighted by atomic mass is 16.3. The van der Waals surface area contributed by atoms with Crippen LogP contribution in [0.4, 0.5) is 0 Å². The van der Waals surface area contributed by atoms with Gasteiger partial charge in [0.05, 0.1) is 18.5 Å². The summed E-state index contributed by atoms with van der Waals surface area (Å²) in [6.07, 6.45) is 4.52. The van der Waals surface area contributed by atoms with Gasteiger partial charge in [-0.05, 0) is 19.1 Å². The van der Waals surface area contributed by atoms with E-state index in [1.165, 1.54) is 12.6 Å². The van der Waals surface area contributed by atoms with Crippen LogP contribution >= 0.6 is 0 Å². The lowest BCUT2D eigenvalue weighted by Crippen LogP contribution is -2.21. The molecule has 0 saturated heterocycles. The molecule has 0 aliphatic carbocycles. The minimum absolute atomic E-state index is 0.196. The summed E-state index contributed by atoms with van der Waals surface area (Å²) < 4.78 is 6.64. The fourth-order valence-corrected chi connectivity index (χ4v) is 1.51. The Kier molecular flexibility index (Phi) is 2.91. The fourth-order valence-electron chi connectivity index (χ4n) is 1.51. The highest BCUT2D eigenvalue weighted by Crippen LogP contribution is 2.13. The van der Waals surface area contributed by atoms with Crippen molar-refractivity contribution in [3.8, 4) is 0 Å². The van der Waals surface area contributed by atoms with E-state index in [-0.39, 0.29) is 17.3 Å². The molecule has 0 N–H and O–H groups in total. The number of hydrogen-bond donors (Lipinski definition) is 0. The zero-order valence-corrected chi connectivity index (χ0v) is 9.58. The molecule has 0 aliphatic rings. The molecule has 0 amide bonds. The molecular weight excluding hydrogens is 220 g/mol. The van der Waals surface area contributed by atoms with E-state index in [1.807, 2.05) is 0 Å². The Morgan fingerprint density at radius 1 is 1.41 bits per heavy atom. The summed E-state index contributed by atoms with van der Waals surface area (Å²) in [4.78, 5) is 27.8. The van der Waals surface area contributed by atoms with Crippen LogP contribution in [-0.4, -0.2) is 21.1 Å². The standard InChI is InChI=1S/C12H12N2O3/c1-8(12(16)10-4-3-5-17-10)11(15)9-6-14(2)7-13-9/h3-8H,1-2H3. The van der Waals surface area contributed by atoms with Crippen molar-refractivity contribution in [1.29, 1.82) is 0 Å². The lowest BCUT2D eigenvalue weighted by atomic mass is 9.98. The second-order valence-electron chi connectivity index (χ2n) is 3.85. The van der Waals surface area contributed by atoms with Crippen molar-refractivity contribution in [2.45, 2.75) is 6.92 Å². The van der Waals surface area contributed by atoms with Gasteiger partial charge in [0.25, 0.3) is 0 Å². The zero-order chi connectivity index (χ0) is 12.4. The maximum atomic E-state index is 12.0. The van der Waals surface area contributed by atoms with E-state index in [0.29, 0.717) is 5.69 Å². The number of ketones is 2. The highest BCUT2D eigenvalue weighted by molar-refractivity contribution is 6.14. The summed E-state index contributed by atoms with van der Waals surface area (Å²) >= 11 is 0. The third-order valence-electron chi connectivity index (χ3n) is 2.51. The molecule has 0 spiro atoms. The number of carbonyl (C=O) groups excluding carboxylic acids is 2. The summed E-state index contributed by atoms with van der Waals surface area (Å²) in [5, 5.41) is 0. The fraction of sp³-hybridized carbons (Fsp3) is 0.250. The van der Waals surface area contributed by atoms with Crippen LogP contribution in [0, 0.1) is 5.92 Å². The number of carbonyl (C=O) groups is 2. The minimum atomic E-state index is -0.781. The molecule has 0 bridgehead atoms. The molecule has 2 rings (SSSR count). The maximum absolute atomic E-state index is 12.0. The molecule has 5 nitrogen and oxygen atoms in total. The lowest BCUT2D eigenvalue weighted by Gasteiger charge is -2.04. The summed E-state index contributed by atoms with van der Waals surface area (Å²) in [6, 6.07) is 3.16. The Hall–Kier alpha value is -2.17. The van der Waals surface area contributed by atoms with E-state index < -0.39 is 5.92 Å². The van der Waals surface area contributed by atoms with Gasteiger partial charge in [-0.3, -0.25) is 9.59 Å². The average molecular weight is 232 g/mol. The molecule has 1 unspecified atom stereocenters. The van der Waals surface area contributed by atoms with Gasteiger partial charge >= 0.3 is 0 Å². The number of Topliss-reactive ketones (excluding diaryl/α,β-unsaturated/α-hetero) is 2. The van der Waals surface area contributed by atoms with Crippen molar-refractivity contribution in [3.63, 3.8) is 0 Å². The van der Waals surface area contributed by atoms with Crippen LogP contribution < -0.4 is 0 Å².